The van der Waals surface area contributed by atoms with E-state index in [9.17, 15) is 4.79 Å². The van der Waals surface area contributed by atoms with Gasteiger partial charge in [-0.05, 0) is 36.3 Å². The first-order chi connectivity index (χ1) is 9.85. The fraction of sp³-hybridized carbons (Fsp3) is 0.625. The van der Waals surface area contributed by atoms with Crippen LogP contribution in [0.2, 0.25) is 0 Å². The molecule has 0 bridgehead atoms. The highest BCUT2D eigenvalue weighted by atomic mass is 16.2. The number of carbonyl (C=O) groups is 1. The van der Waals surface area contributed by atoms with Crippen molar-refractivity contribution < 1.29 is 4.79 Å². The Morgan fingerprint density at radius 1 is 1.48 bits per heavy atom. The number of aromatic nitrogens is 1. The van der Waals surface area contributed by atoms with Gasteiger partial charge in [0, 0.05) is 24.3 Å². The Bertz CT molecular complexity index is 499. The summed E-state index contributed by atoms with van der Waals surface area (Å²) < 4.78 is 0. The van der Waals surface area contributed by atoms with Crippen molar-refractivity contribution in [3.63, 3.8) is 0 Å². The van der Waals surface area contributed by atoms with Gasteiger partial charge in [-0.3, -0.25) is 4.79 Å². The molecule has 1 aromatic heterocycles. The van der Waals surface area contributed by atoms with Gasteiger partial charge in [0.15, 0.2) is 0 Å². The minimum Gasteiger partial charge on any atom is -0.338 e. The third kappa shape index (κ3) is 3.53. The number of nitrogens with two attached hydrogens (primary N) is 1. The largest absolute Gasteiger partial charge is 0.338 e. The Kier molecular flexibility index (Phi) is 4.52. The van der Waals surface area contributed by atoms with Crippen LogP contribution < -0.4 is 11.3 Å². The summed E-state index contributed by atoms with van der Waals surface area (Å²) in [5.74, 6) is 6.62. The van der Waals surface area contributed by atoms with Gasteiger partial charge in [-0.15, -0.1) is 0 Å². The lowest BCUT2D eigenvalue weighted by Crippen LogP contribution is -2.31. The summed E-state index contributed by atoms with van der Waals surface area (Å²) in [6, 6.07) is 3.60. The van der Waals surface area contributed by atoms with E-state index < -0.39 is 0 Å². The number of rotatable bonds is 3. The van der Waals surface area contributed by atoms with E-state index >= 15 is 0 Å². The number of nitrogens with one attached hydrogen (secondary N) is 1. The van der Waals surface area contributed by atoms with Crippen molar-refractivity contribution >= 4 is 11.7 Å². The summed E-state index contributed by atoms with van der Waals surface area (Å²) in [7, 11) is 0. The van der Waals surface area contributed by atoms with Crippen molar-refractivity contribution in [3.8, 4) is 0 Å². The highest BCUT2D eigenvalue weighted by Crippen LogP contribution is 2.34. The van der Waals surface area contributed by atoms with E-state index in [0.717, 1.165) is 31.6 Å². The van der Waals surface area contributed by atoms with Gasteiger partial charge in [0.2, 0.25) is 0 Å². The van der Waals surface area contributed by atoms with E-state index in [2.05, 4.69) is 31.2 Å². The van der Waals surface area contributed by atoms with Crippen LogP contribution in [0.5, 0.6) is 0 Å². The molecule has 0 radical (unpaired) electrons. The van der Waals surface area contributed by atoms with Crippen LogP contribution in [-0.4, -0.2) is 28.9 Å². The smallest absolute Gasteiger partial charge is 0.254 e. The number of aryl methyl sites for hydroxylation is 1. The van der Waals surface area contributed by atoms with Gasteiger partial charge in [0.05, 0.1) is 0 Å². The SMILES string of the molecule is CCc1cc(C(=O)N2CCC(C(C)(C)C)C2)cc(NN)n1. The number of carbonyl (C=O) groups excluding carboxylic acids is 1. The Morgan fingerprint density at radius 2 is 2.19 bits per heavy atom. The highest BCUT2D eigenvalue weighted by Gasteiger charge is 2.34. The molecular formula is C16H26N4O. The van der Waals surface area contributed by atoms with E-state index in [0.29, 0.717) is 17.3 Å². The number of pyridine rings is 1. The molecule has 1 atom stereocenters. The number of nitrogen functional groups attached to an aromatic ring is 1. The zero-order chi connectivity index (χ0) is 15.6. The molecule has 1 unspecified atom stereocenters. The lowest BCUT2D eigenvalue weighted by molar-refractivity contribution is 0.0776. The molecule has 3 N–H and O–H groups in total. The van der Waals surface area contributed by atoms with Crippen molar-refractivity contribution in [2.45, 2.75) is 40.5 Å². The van der Waals surface area contributed by atoms with E-state index in [4.69, 9.17) is 5.84 Å². The Balaban J connectivity index is 2.17. The summed E-state index contributed by atoms with van der Waals surface area (Å²) in [4.78, 5) is 19.0. The summed E-state index contributed by atoms with van der Waals surface area (Å²) in [6.07, 6.45) is 1.85. The highest BCUT2D eigenvalue weighted by molar-refractivity contribution is 5.95. The van der Waals surface area contributed by atoms with Gasteiger partial charge in [-0.2, -0.15) is 0 Å². The summed E-state index contributed by atoms with van der Waals surface area (Å²) >= 11 is 0. The molecule has 1 fully saturated rings. The van der Waals surface area contributed by atoms with Gasteiger partial charge >= 0.3 is 0 Å². The van der Waals surface area contributed by atoms with Crippen LogP contribution in [0.4, 0.5) is 5.82 Å². The van der Waals surface area contributed by atoms with E-state index in [1.165, 1.54) is 0 Å². The predicted octanol–water partition coefficient (Wildman–Crippen LogP) is 2.44. The molecule has 116 valence electrons. The molecule has 1 aromatic rings. The fourth-order valence-electron chi connectivity index (χ4n) is 2.80. The number of hydrogen-bond donors (Lipinski definition) is 2. The third-order valence-corrected chi connectivity index (χ3v) is 4.34. The number of hydrazine groups is 1. The number of amides is 1. The van der Waals surface area contributed by atoms with Crippen molar-refractivity contribution in [3.05, 3.63) is 23.4 Å². The Labute approximate surface area is 126 Å². The summed E-state index contributed by atoms with van der Waals surface area (Å²) in [5, 5.41) is 0. The zero-order valence-electron chi connectivity index (χ0n) is 13.4. The Hall–Kier alpha value is -1.62. The molecule has 0 aliphatic carbocycles. The first-order valence-corrected chi connectivity index (χ1v) is 7.62. The fourth-order valence-corrected chi connectivity index (χ4v) is 2.80. The zero-order valence-corrected chi connectivity index (χ0v) is 13.4. The topological polar surface area (TPSA) is 71.2 Å². The maximum Gasteiger partial charge on any atom is 0.254 e. The van der Waals surface area contributed by atoms with Crippen LogP contribution in [-0.2, 0) is 6.42 Å². The van der Waals surface area contributed by atoms with Gasteiger partial charge in [-0.25, -0.2) is 10.8 Å². The number of hydrogen-bond acceptors (Lipinski definition) is 4. The molecule has 21 heavy (non-hydrogen) atoms. The normalized spacial score (nSPS) is 18.9. The molecule has 5 heteroatoms. The van der Waals surface area contributed by atoms with Crippen LogP contribution >= 0.6 is 0 Å². The molecule has 2 heterocycles. The first-order valence-electron chi connectivity index (χ1n) is 7.62. The number of nitrogens with zero attached hydrogens (tertiary/aromatic N) is 2. The van der Waals surface area contributed by atoms with Crippen molar-refractivity contribution in [1.29, 1.82) is 0 Å². The lowest BCUT2D eigenvalue weighted by Gasteiger charge is -2.27. The summed E-state index contributed by atoms with van der Waals surface area (Å²) in [5.41, 5.74) is 4.33. The van der Waals surface area contributed by atoms with Crippen LogP contribution in [0.15, 0.2) is 12.1 Å². The second kappa shape index (κ2) is 6.02. The van der Waals surface area contributed by atoms with Gasteiger partial charge in [0.25, 0.3) is 5.91 Å². The van der Waals surface area contributed by atoms with E-state index in [1.54, 1.807) is 6.07 Å². The van der Waals surface area contributed by atoms with Crippen molar-refractivity contribution in [2.75, 3.05) is 18.5 Å². The number of likely N-dealkylation sites (tertiary alicyclic amines) is 1. The quantitative estimate of drug-likeness (QED) is 0.662. The van der Waals surface area contributed by atoms with E-state index in [-0.39, 0.29) is 11.3 Å². The van der Waals surface area contributed by atoms with Crippen molar-refractivity contribution in [2.24, 2.45) is 17.2 Å². The molecule has 0 aromatic carbocycles. The monoisotopic (exact) mass is 290 g/mol. The van der Waals surface area contributed by atoms with Crippen molar-refractivity contribution in [1.82, 2.24) is 9.88 Å². The van der Waals surface area contributed by atoms with Gasteiger partial charge in [-0.1, -0.05) is 27.7 Å². The lowest BCUT2D eigenvalue weighted by atomic mass is 9.80. The van der Waals surface area contributed by atoms with E-state index in [1.807, 2.05) is 17.9 Å². The maximum absolute atomic E-state index is 12.7. The number of anilines is 1. The average Bonchev–Trinajstić information content (AvgIpc) is 2.95. The maximum atomic E-state index is 12.7. The standard InChI is InChI=1S/C16H26N4O/c1-5-13-8-11(9-14(18-13)19-17)15(21)20-7-6-12(10-20)16(2,3)4/h8-9,12H,5-7,10,17H2,1-4H3,(H,18,19). The minimum absolute atomic E-state index is 0.0790. The molecule has 5 nitrogen and oxygen atoms in total. The molecule has 1 saturated heterocycles. The molecular weight excluding hydrogens is 264 g/mol. The van der Waals surface area contributed by atoms with Crippen LogP contribution in [0.1, 0.15) is 50.2 Å². The predicted molar refractivity (Wildman–Crippen MR) is 84.9 cm³/mol. The van der Waals surface area contributed by atoms with Gasteiger partial charge < -0.3 is 10.3 Å². The van der Waals surface area contributed by atoms with Crippen LogP contribution in [0.25, 0.3) is 0 Å². The van der Waals surface area contributed by atoms with Crippen LogP contribution in [0.3, 0.4) is 0 Å². The second-order valence-corrected chi connectivity index (χ2v) is 6.83. The molecule has 2 rings (SSSR count). The molecule has 1 amide bonds. The Morgan fingerprint density at radius 3 is 2.71 bits per heavy atom. The molecule has 1 aliphatic rings. The third-order valence-electron chi connectivity index (χ3n) is 4.34. The molecule has 0 spiro atoms. The second-order valence-electron chi connectivity index (χ2n) is 6.83. The minimum atomic E-state index is 0.0790. The molecule has 0 saturated carbocycles. The molecule has 1 aliphatic heterocycles. The summed E-state index contributed by atoms with van der Waals surface area (Å²) in [6.45, 7) is 10.4. The van der Waals surface area contributed by atoms with Gasteiger partial charge in [0.1, 0.15) is 5.82 Å². The average molecular weight is 290 g/mol. The van der Waals surface area contributed by atoms with Crippen LogP contribution in [0, 0.1) is 11.3 Å². The first kappa shape index (κ1) is 15.8.